The molecule has 0 aromatic heterocycles. The van der Waals surface area contributed by atoms with Crippen molar-refractivity contribution >= 4 is 5.97 Å². The summed E-state index contributed by atoms with van der Waals surface area (Å²) in [5.41, 5.74) is 6.79. The Hall–Kier alpha value is -1.35. The number of carbonyl (C=O) groups excluding carboxylic acids is 1. The van der Waals surface area contributed by atoms with Gasteiger partial charge in [-0.15, -0.1) is 0 Å². The van der Waals surface area contributed by atoms with Gasteiger partial charge in [-0.25, -0.2) is 0 Å². The molecule has 0 saturated heterocycles. The van der Waals surface area contributed by atoms with E-state index in [4.69, 9.17) is 10.5 Å². The largest absolute Gasteiger partial charge is 0.461 e. The van der Waals surface area contributed by atoms with Crippen LogP contribution in [0.4, 0.5) is 0 Å². The van der Waals surface area contributed by atoms with Crippen LogP contribution in [-0.4, -0.2) is 12.0 Å². The minimum absolute atomic E-state index is 0.0127. The Balaban J connectivity index is 1.80. The molecule has 86 valence electrons. The van der Waals surface area contributed by atoms with Crippen molar-refractivity contribution in [2.24, 2.45) is 11.7 Å². The molecule has 1 aliphatic carbocycles. The van der Waals surface area contributed by atoms with Gasteiger partial charge in [0.2, 0.25) is 0 Å². The second-order valence-electron chi connectivity index (χ2n) is 4.36. The summed E-state index contributed by atoms with van der Waals surface area (Å²) in [7, 11) is 0. The van der Waals surface area contributed by atoms with Crippen molar-refractivity contribution in [1.82, 2.24) is 0 Å². The highest BCUT2D eigenvalue weighted by Crippen LogP contribution is 2.25. The van der Waals surface area contributed by atoms with Crippen LogP contribution in [0.1, 0.15) is 24.8 Å². The molecule has 0 spiro atoms. The average Bonchev–Trinajstić information content (AvgIpc) is 2.74. The highest BCUT2D eigenvalue weighted by Gasteiger charge is 2.28. The molecule has 3 nitrogen and oxygen atoms in total. The van der Waals surface area contributed by atoms with Crippen molar-refractivity contribution < 1.29 is 9.53 Å². The van der Waals surface area contributed by atoms with Gasteiger partial charge in [-0.1, -0.05) is 30.3 Å². The summed E-state index contributed by atoms with van der Waals surface area (Å²) >= 11 is 0. The molecule has 0 aliphatic heterocycles. The molecule has 0 bridgehead atoms. The first-order valence-corrected chi connectivity index (χ1v) is 5.72. The number of hydrogen-bond acceptors (Lipinski definition) is 3. The maximum Gasteiger partial charge on any atom is 0.309 e. The second-order valence-corrected chi connectivity index (χ2v) is 4.36. The van der Waals surface area contributed by atoms with Gasteiger partial charge in [0, 0.05) is 6.04 Å². The Morgan fingerprint density at radius 3 is 2.69 bits per heavy atom. The minimum atomic E-state index is -0.100. The third-order valence-electron chi connectivity index (χ3n) is 3.03. The number of nitrogens with two attached hydrogens (primary N) is 1. The highest BCUT2D eigenvalue weighted by atomic mass is 16.5. The van der Waals surface area contributed by atoms with Gasteiger partial charge in [-0.05, 0) is 24.8 Å². The zero-order valence-electron chi connectivity index (χ0n) is 9.26. The number of hydrogen-bond donors (Lipinski definition) is 1. The van der Waals surface area contributed by atoms with Crippen molar-refractivity contribution in [2.45, 2.75) is 31.9 Å². The predicted molar refractivity (Wildman–Crippen MR) is 61.6 cm³/mol. The fourth-order valence-corrected chi connectivity index (χ4v) is 2.08. The van der Waals surface area contributed by atoms with E-state index in [9.17, 15) is 4.79 Å². The van der Waals surface area contributed by atoms with E-state index in [1.54, 1.807) is 0 Å². The number of esters is 1. The molecule has 2 rings (SSSR count). The van der Waals surface area contributed by atoms with E-state index in [2.05, 4.69) is 0 Å². The Bertz CT molecular complexity index is 350. The quantitative estimate of drug-likeness (QED) is 0.789. The number of carbonyl (C=O) groups is 1. The molecule has 1 aromatic carbocycles. The first kappa shape index (κ1) is 11.1. The Morgan fingerprint density at radius 1 is 1.31 bits per heavy atom. The molecule has 0 amide bonds. The van der Waals surface area contributed by atoms with Crippen LogP contribution in [0, 0.1) is 5.92 Å². The maximum absolute atomic E-state index is 11.7. The molecule has 0 unspecified atom stereocenters. The molecule has 1 fully saturated rings. The first-order valence-electron chi connectivity index (χ1n) is 5.72. The Labute approximate surface area is 95.6 Å². The number of benzene rings is 1. The number of rotatable bonds is 3. The van der Waals surface area contributed by atoms with Crippen LogP contribution in [-0.2, 0) is 16.1 Å². The van der Waals surface area contributed by atoms with Gasteiger partial charge in [-0.2, -0.15) is 0 Å². The maximum atomic E-state index is 11.7. The van der Waals surface area contributed by atoms with E-state index in [1.165, 1.54) is 0 Å². The standard InChI is InChI=1S/C13H17NO2/c14-12-7-6-11(8-12)13(15)16-9-10-4-2-1-3-5-10/h1-5,11-12H,6-9,14H2/t11-,12+/m0/s1. The van der Waals surface area contributed by atoms with Gasteiger partial charge in [0.15, 0.2) is 0 Å². The van der Waals surface area contributed by atoms with Crippen molar-refractivity contribution in [2.75, 3.05) is 0 Å². The average molecular weight is 219 g/mol. The molecule has 16 heavy (non-hydrogen) atoms. The van der Waals surface area contributed by atoms with Crippen molar-refractivity contribution in [3.05, 3.63) is 35.9 Å². The first-order chi connectivity index (χ1) is 7.75. The van der Waals surface area contributed by atoms with Crippen LogP contribution in [0.5, 0.6) is 0 Å². The topological polar surface area (TPSA) is 52.3 Å². The molecule has 2 atom stereocenters. The molecule has 1 saturated carbocycles. The predicted octanol–water partition coefficient (Wildman–Crippen LogP) is 1.86. The Morgan fingerprint density at radius 2 is 2.06 bits per heavy atom. The third kappa shape index (κ3) is 2.83. The van der Waals surface area contributed by atoms with Gasteiger partial charge in [-0.3, -0.25) is 4.79 Å². The van der Waals surface area contributed by atoms with Crippen molar-refractivity contribution in [1.29, 1.82) is 0 Å². The fourth-order valence-electron chi connectivity index (χ4n) is 2.08. The molecule has 3 heteroatoms. The lowest BCUT2D eigenvalue weighted by molar-refractivity contribution is -0.149. The molecular formula is C13H17NO2. The summed E-state index contributed by atoms with van der Waals surface area (Å²) < 4.78 is 5.27. The molecular weight excluding hydrogens is 202 g/mol. The summed E-state index contributed by atoms with van der Waals surface area (Å²) in [4.78, 5) is 11.7. The van der Waals surface area contributed by atoms with E-state index in [0.717, 1.165) is 24.8 Å². The van der Waals surface area contributed by atoms with E-state index < -0.39 is 0 Å². The van der Waals surface area contributed by atoms with Gasteiger partial charge >= 0.3 is 5.97 Å². The minimum Gasteiger partial charge on any atom is -0.461 e. The monoisotopic (exact) mass is 219 g/mol. The molecule has 0 radical (unpaired) electrons. The van der Waals surface area contributed by atoms with Gasteiger partial charge < -0.3 is 10.5 Å². The summed E-state index contributed by atoms with van der Waals surface area (Å²) in [5, 5.41) is 0. The summed E-state index contributed by atoms with van der Waals surface area (Å²) in [6, 6.07) is 9.90. The SMILES string of the molecule is N[C@@H]1CC[C@H](C(=O)OCc2ccccc2)C1. The number of ether oxygens (including phenoxy) is 1. The van der Waals surface area contributed by atoms with E-state index >= 15 is 0 Å². The lowest BCUT2D eigenvalue weighted by Crippen LogP contribution is -2.19. The lowest BCUT2D eigenvalue weighted by atomic mass is 10.1. The van der Waals surface area contributed by atoms with Crippen LogP contribution in [0.15, 0.2) is 30.3 Å². The van der Waals surface area contributed by atoms with Crippen LogP contribution in [0.2, 0.25) is 0 Å². The van der Waals surface area contributed by atoms with Gasteiger partial charge in [0.25, 0.3) is 0 Å². The summed E-state index contributed by atoms with van der Waals surface area (Å²) in [6.45, 7) is 0.366. The van der Waals surface area contributed by atoms with Crippen molar-refractivity contribution in [3.8, 4) is 0 Å². The second kappa shape index (κ2) is 5.12. The molecule has 1 aliphatic rings. The molecule has 0 heterocycles. The van der Waals surface area contributed by atoms with Gasteiger partial charge in [0.05, 0.1) is 5.92 Å². The normalized spacial score (nSPS) is 24.3. The van der Waals surface area contributed by atoms with Crippen LogP contribution in [0.25, 0.3) is 0 Å². The van der Waals surface area contributed by atoms with Gasteiger partial charge in [0.1, 0.15) is 6.61 Å². The zero-order chi connectivity index (χ0) is 11.4. The molecule has 1 aromatic rings. The summed E-state index contributed by atoms with van der Waals surface area (Å²) in [6.07, 6.45) is 2.58. The van der Waals surface area contributed by atoms with Crippen LogP contribution >= 0.6 is 0 Å². The Kier molecular flexibility index (Phi) is 3.57. The fraction of sp³-hybridized carbons (Fsp3) is 0.462. The molecule has 2 N–H and O–H groups in total. The van der Waals surface area contributed by atoms with E-state index in [-0.39, 0.29) is 17.9 Å². The van der Waals surface area contributed by atoms with Crippen LogP contribution < -0.4 is 5.73 Å². The smallest absolute Gasteiger partial charge is 0.309 e. The zero-order valence-corrected chi connectivity index (χ0v) is 9.26. The van der Waals surface area contributed by atoms with E-state index in [0.29, 0.717) is 6.61 Å². The van der Waals surface area contributed by atoms with E-state index in [1.807, 2.05) is 30.3 Å². The third-order valence-corrected chi connectivity index (χ3v) is 3.03. The highest BCUT2D eigenvalue weighted by molar-refractivity contribution is 5.72. The van der Waals surface area contributed by atoms with Crippen LogP contribution in [0.3, 0.4) is 0 Å². The van der Waals surface area contributed by atoms with Crippen molar-refractivity contribution in [3.63, 3.8) is 0 Å². The summed E-state index contributed by atoms with van der Waals surface area (Å²) in [5.74, 6) is -0.0875. The lowest BCUT2D eigenvalue weighted by Gasteiger charge is -2.09.